The summed E-state index contributed by atoms with van der Waals surface area (Å²) in [5, 5.41) is 6.88. The molecule has 1 saturated carbocycles. The van der Waals surface area contributed by atoms with Crippen molar-refractivity contribution >= 4 is 11.3 Å². The monoisotopic (exact) mass is 210 g/mol. The van der Waals surface area contributed by atoms with Crippen LogP contribution >= 0.6 is 11.3 Å². The highest BCUT2D eigenvalue weighted by Gasteiger charge is 2.27. The molecule has 1 aliphatic rings. The van der Waals surface area contributed by atoms with E-state index in [1.165, 1.54) is 23.5 Å². The smallest absolute Gasteiger partial charge is 0.0959 e. The van der Waals surface area contributed by atoms with E-state index >= 15 is 0 Å². The molecule has 0 radical (unpaired) electrons. The summed E-state index contributed by atoms with van der Waals surface area (Å²) in [4.78, 5) is 4.68. The summed E-state index contributed by atoms with van der Waals surface area (Å²) in [6, 6.07) is 0. The van der Waals surface area contributed by atoms with E-state index in [4.69, 9.17) is 0 Å². The molecule has 0 aromatic carbocycles. The van der Waals surface area contributed by atoms with Crippen molar-refractivity contribution in [1.29, 1.82) is 0 Å². The van der Waals surface area contributed by atoms with Gasteiger partial charge in [-0.1, -0.05) is 0 Å². The first kappa shape index (κ1) is 10.1. The van der Waals surface area contributed by atoms with Gasteiger partial charge in [-0.25, -0.2) is 4.98 Å². The Labute approximate surface area is 89.8 Å². The van der Waals surface area contributed by atoms with Crippen molar-refractivity contribution < 1.29 is 0 Å². The quantitative estimate of drug-likeness (QED) is 0.826. The van der Waals surface area contributed by atoms with Crippen molar-refractivity contribution in [3.8, 4) is 0 Å². The van der Waals surface area contributed by atoms with Crippen LogP contribution in [0.15, 0.2) is 5.38 Å². The summed E-state index contributed by atoms with van der Waals surface area (Å²) in [7, 11) is 2.01. The Hall–Kier alpha value is -0.410. The van der Waals surface area contributed by atoms with Gasteiger partial charge < -0.3 is 5.32 Å². The van der Waals surface area contributed by atoms with E-state index in [1.807, 2.05) is 18.4 Å². The average molecular weight is 210 g/mol. The maximum absolute atomic E-state index is 4.68. The van der Waals surface area contributed by atoms with Crippen LogP contribution in [0.25, 0.3) is 0 Å². The first-order valence-corrected chi connectivity index (χ1v) is 6.12. The molecule has 0 saturated heterocycles. The normalized spacial score (nSPS) is 17.4. The molecule has 1 fully saturated rings. The lowest BCUT2D eigenvalue weighted by atomic mass is 9.99. The summed E-state index contributed by atoms with van der Waals surface area (Å²) in [5.41, 5.74) is 1.41. The number of hydrogen-bond donors (Lipinski definition) is 1. The molecule has 1 aromatic heterocycles. The number of rotatable bonds is 4. The van der Waals surface area contributed by atoms with Gasteiger partial charge >= 0.3 is 0 Å². The van der Waals surface area contributed by atoms with E-state index in [9.17, 15) is 0 Å². The van der Waals surface area contributed by atoms with Crippen molar-refractivity contribution in [3.05, 3.63) is 16.1 Å². The number of nitrogens with zero attached hydrogens (tertiary/aromatic N) is 1. The van der Waals surface area contributed by atoms with Crippen LogP contribution in [0.3, 0.4) is 0 Å². The molecule has 0 amide bonds. The molecule has 14 heavy (non-hydrogen) atoms. The van der Waals surface area contributed by atoms with Gasteiger partial charge in [-0.05, 0) is 33.7 Å². The fourth-order valence-corrected chi connectivity index (χ4v) is 2.45. The molecular formula is C11H18N2S. The Balaban J connectivity index is 2.02. The number of hydrogen-bond acceptors (Lipinski definition) is 3. The van der Waals surface area contributed by atoms with Gasteiger partial charge in [0.25, 0.3) is 0 Å². The molecule has 1 aliphatic carbocycles. The molecule has 2 nitrogen and oxygen atoms in total. The predicted octanol–water partition coefficient (Wildman–Crippen LogP) is 2.56. The minimum atomic E-state index is 0.162. The molecule has 2 rings (SSSR count). The lowest BCUT2D eigenvalue weighted by Gasteiger charge is -2.22. The Kier molecular flexibility index (Phi) is 2.62. The fraction of sp³-hybridized carbons (Fsp3) is 0.727. The predicted molar refractivity (Wildman–Crippen MR) is 60.9 cm³/mol. The standard InChI is InChI=1S/C11H18N2S/c1-11(2,12-3)6-9-7-14-10(13-9)8-4-5-8/h7-8,12H,4-6H2,1-3H3. The van der Waals surface area contributed by atoms with Crippen molar-refractivity contribution in [2.75, 3.05) is 7.05 Å². The van der Waals surface area contributed by atoms with Gasteiger partial charge in [0.2, 0.25) is 0 Å². The zero-order chi connectivity index (χ0) is 10.2. The second kappa shape index (κ2) is 3.63. The minimum absolute atomic E-state index is 0.162. The maximum atomic E-state index is 4.68. The Morgan fingerprint density at radius 1 is 1.57 bits per heavy atom. The van der Waals surface area contributed by atoms with Gasteiger partial charge in [0.1, 0.15) is 0 Å². The molecule has 0 spiro atoms. The molecule has 1 aromatic rings. The van der Waals surface area contributed by atoms with E-state index in [0.717, 1.165) is 12.3 Å². The fourth-order valence-electron chi connectivity index (χ4n) is 1.46. The van der Waals surface area contributed by atoms with E-state index in [2.05, 4.69) is 29.5 Å². The lowest BCUT2D eigenvalue weighted by Crippen LogP contribution is -2.38. The third kappa shape index (κ3) is 2.34. The van der Waals surface area contributed by atoms with Crippen LogP contribution < -0.4 is 5.32 Å². The molecule has 0 atom stereocenters. The highest BCUT2D eigenvalue weighted by molar-refractivity contribution is 7.09. The molecule has 0 bridgehead atoms. The molecule has 1 N–H and O–H groups in total. The highest BCUT2D eigenvalue weighted by Crippen LogP contribution is 2.41. The van der Waals surface area contributed by atoms with Crippen molar-refractivity contribution in [2.45, 2.75) is 44.6 Å². The van der Waals surface area contributed by atoms with Gasteiger partial charge in [0.05, 0.1) is 10.7 Å². The van der Waals surface area contributed by atoms with Gasteiger partial charge in [0, 0.05) is 23.3 Å². The highest BCUT2D eigenvalue weighted by atomic mass is 32.1. The number of likely N-dealkylation sites (N-methyl/N-ethyl adjacent to an activating group) is 1. The van der Waals surface area contributed by atoms with Crippen molar-refractivity contribution in [2.24, 2.45) is 0 Å². The van der Waals surface area contributed by atoms with Crippen LogP contribution in [0, 0.1) is 0 Å². The van der Waals surface area contributed by atoms with Crippen LogP contribution in [-0.4, -0.2) is 17.6 Å². The SMILES string of the molecule is CNC(C)(C)Cc1csc(C2CC2)n1. The van der Waals surface area contributed by atoms with Crippen LogP contribution in [0.5, 0.6) is 0 Å². The second-order valence-corrected chi connectivity index (χ2v) is 5.65. The summed E-state index contributed by atoms with van der Waals surface area (Å²) >= 11 is 1.83. The van der Waals surface area contributed by atoms with E-state index in [1.54, 1.807) is 0 Å². The van der Waals surface area contributed by atoms with E-state index in [-0.39, 0.29) is 5.54 Å². The second-order valence-electron chi connectivity index (χ2n) is 4.76. The van der Waals surface area contributed by atoms with Crippen LogP contribution in [-0.2, 0) is 6.42 Å². The Bertz CT molecular complexity index is 313. The average Bonchev–Trinajstić information content (AvgIpc) is 2.89. The number of thiazole rings is 1. The van der Waals surface area contributed by atoms with Gasteiger partial charge in [-0.2, -0.15) is 0 Å². The molecule has 3 heteroatoms. The van der Waals surface area contributed by atoms with Gasteiger partial charge in [0.15, 0.2) is 0 Å². The van der Waals surface area contributed by atoms with Gasteiger partial charge in [-0.3, -0.25) is 0 Å². The number of aromatic nitrogens is 1. The zero-order valence-electron chi connectivity index (χ0n) is 9.13. The van der Waals surface area contributed by atoms with Crippen molar-refractivity contribution in [3.63, 3.8) is 0 Å². The largest absolute Gasteiger partial charge is 0.314 e. The Morgan fingerprint density at radius 2 is 2.29 bits per heavy atom. The summed E-state index contributed by atoms with van der Waals surface area (Å²) in [6.07, 6.45) is 3.72. The maximum Gasteiger partial charge on any atom is 0.0959 e. The summed E-state index contributed by atoms with van der Waals surface area (Å²) < 4.78 is 0. The number of nitrogens with one attached hydrogen (secondary N) is 1. The van der Waals surface area contributed by atoms with E-state index < -0.39 is 0 Å². The molecular weight excluding hydrogens is 192 g/mol. The van der Waals surface area contributed by atoms with Gasteiger partial charge in [-0.15, -0.1) is 11.3 Å². The summed E-state index contributed by atoms with van der Waals surface area (Å²) in [6.45, 7) is 4.42. The van der Waals surface area contributed by atoms with E-state index in [0.29, 0.717) is 0 Å². The zero-order valence-corrected chi connectivity index (χ0v) is 9.95. The molecule has 78 valence electrons. The van der Waals surface area contributed by atoms with Crippen molar-refractivity contribution in [1.82, 2.24) is 10.3 Å². The third-order valence-electron chi connectivity index (χ3n) is 2.80. The first-order valence-electron chi connectivity index (χ1n) is 5.24. The lowest BCUT2D eigenvalue weighted by molar-refractivity contribution is 0.418. The van der Waals surface area contributed by atoms with Crippen LogP contribution in [0.2, 0.25) is 0 Å². The third-order valence-corrected chi connectivity index (χ3v) is 3.85. The molecule has 1 heterocycles. The molecule has 0 aliphatic heterocycles. The van der Waals surface area contributed by atoms with Crippen LogP contribution in [0.4, 0.5) is 0 Å². The molecule has 0 unspecified atom stereocenters. The summed E-state index contributed by atoms with van der Waals surface area (Å²) in [5.74, 6) is 0.798. The minimum Gasteiger partial charge on any atom is -0.314 e. The van der Waals surface area contributed by atoms with Crippen LogP contribution in [0.1, 0.15) is 43.3 Å². The Morgan fingerprint density at radius 3 is 2.86 bits per heavy atom. The first-order chi connectivity index (χ1) is 6.61. The topological polar surface area (TPSA) is 24.9 Å².